The van der Waals surface area contributed by atoms with E-state index >= 15 is 0 Å². The summed E-state index contributed by atoms with van der Waals surface area (Å²) < 4.78 is 14.8. The molecule has 0 radical (unpaired) electrons. The lowest BCUT2D eigenvalue weighted by Crippen LogP contribution is -2.53. The van der Waals surface area contributed by atoms with Crippen molar-refractivity contribution in [2.24, 2.45) is 4.99 Å². The third kappa shape index (κ3) is 3.71. The number of hydrogen-bond donors (Lipinski definition) is 2. The van der Waals surface area contributed by atoms with E-state index in [0.717, 1.165) is 38.0 Å². The van der Waals surface area contributed by atoms with Crippen LogP contribution in [0, 0.1) is 11.2 Å². The van der Waals surface area contributed by atoms with Crippen molar-refractivity contribution >= 4 is 34.9 Å². The summed E-state index contributed by atoms with van der Waals surface area (Å²) in [5, 5.41) is 11.4. The number of piperazine rings is 1. The first-order chi connectivity index (χ1) is 17.7. The molecule has 0 aromatic carbocycles. The predicted molar refractivity (Wildman–Crippen MR) is 139 cm³/mol. The van der Waals surface area contributed by atoms with Crippen molar-refractivity contribution in [3.05, 3.63) is 47.7 Å². The van der Waals surface area contributed by atoms with E-state index in [9.17, 15) is 9.18 Å². The molecule has 2 saturated heterocycles. The van der Waals surface area contributed by atoms with Gasteiger partial charge in [0.25, 0.3) is 5.91 Å². The lowest BCUT2D eigenvalue weighted by molar-refractivity contribution is 0.0523. The quantitative estimate of drug-likeness (QED) is 0.645. The summed E-state index contributed by atoms with van der Waals surface area (Å²) in [4.78, 5) is 36.5. The zero-order chi connectivity index (χ0) is 26.1. The molecule has 1 aliphatic carbocycles. The Morgan fingerprint density at radius 1 is 1.19 bits per heavy atom. The number of halogens is 1. The van der Waals surface area contributed by atoms with Crippen LogP contribution in [0.1, 0.15) is 49.7 Å². The molecule has 37 heavy (non-hydrogen) atoms. The first kappa shape index (κ1) is 23.7. The standard InChI is InChI=1S/C26H30FN9O/c1-14(2)36-15(3)31-24(28)26(36)9-19(26)22-20(27)11-30-25(33-22)32-21-8-5-16(10-29-21)23(37)35-12-17-6-7-18(13-35)34(17)4/h5,8-11,14,17-18,28H,6-7,12-13H2,1-4H3,(H,29,30,32,33). The second kappa shape index (κ2) is 8.41. The number of aromatic nitrogens is 3. The molecular formula is C26H30FN9O. The van der Waals surface area contributed by atoms with Crippen LogP contribution in [0.5, 0.6) is 0 Å². The van der Waals surface area contributed by atoms with Gasteiger partial charge in [-0.2, -0.15) is 0 Å². The zero-order valence-corrected chi connectivity index (χ0v) is 21.4. The van der Waals surface area contributed by atoms with Crippen molar-refractivity contribution in [2.45, 2.75) is 57.3 Å². The van der Waals surface area contributed by atoms with Gasteiger partial charge in [0.05, 0.1) is 11.8 Å². The zero-order valence-electron chi connectivity index (χ0n) is 21.4. The van der Waals surface area contributed by atoms with E-state index in [-0.39, 0.29) is 29.4 Å². The number of likely N-dealkylation sites (tertiary alicyclic amines) is 1. The maximum atomic E-state index is 14.8. The monoisotopic (exact) mass is 503 g/mol. The fourth-order valence-electron chi connectivity index (χ4n) is 6.06. The first-order valence-electron chi connectivity index (χ1n) is 12.6. The lowest BCUT2D eigenvalue weighted by atomic mass is 10.0. The summed E-state index contributed by atoms with van der Waals surface area (Å²) in [5.74, 6) is 0.938. The summed E-state index contributed by atoms with van der Waals surface area (Å²) in [6.45, 7) is 7.36. The number of hydrogen-bond acceptors (Lipinski definition) is 8. The minimum absolute atomic E-state index is 0.0124. The van der Waals surface area contributed by atoms with Gasteiger partial charge in [0.15, 0.2) is 11.7 Å². The minimum atomic E-state index is -0.853. The third-order valence-corrected chi connectivity index (χ3v) is 7.94. The maximum Gasteiger partial charge on any atom is 0.255 e. The summed E-state index contributed by atoms with van der Waals surface area (Å²) in [6.07, 6.45) is 6.76. The minimum Gasteiger partial charge on any atom is -0.338 e. The fourth-order valence-corrected chi connectivity index (χ4v) is 6.06. The van der Waals surface area contributed by atoms with Gasteiger partial charge in [-0.3, -0.25) is 15.1 Å². The van der Waals surface area contributed by atoms with Crippen LogP contribution >= 0.6 is 0 Å². The number of amides is 1. The van der Waals surface area contributed by atoms with Crippen LogP contribution in [-0.4, -0.2) is 91.0 Å². The summed E-state index contributed by atoms with van der Waals surface area (Å²) in [7, 11) is 2.14. The summed E-state index contributed by atoms with van der Waals surface area (Å²) in [5.41, 5.74) is 0.413. The number of anilines is 2. The van der Waals surface area contributed by atoms with Gasteiger partial charge in [-0.15, -0.1) is 0 Å². The molecule has 2 aromatic rings. The number of nitrogens with one attached hydrogen (secondary N) is 2. The molecule has 2 aromatic heterocycles. The van der Waals surface area contributed by atoms with Crippen LogP contribution in [-0.2, 0) is 0 Å². The topological polar surface area (TPSA) is 114 Å². The second-order valence-corrected chi connectivity index (χ2v) is 10.5. The third-order valence-electron chi connectivity index (χ3n) is 7.94. The molecule has 3 aliphatic heterocycles. The fraction of sp³-hybridized carbons (Fsp3) is 0.462. The summed E-state index contributed by atoms with van der Waals surface area (Å²) >= 11 is 0. The number of pyridine rings is 1. The Morgan fingerprint density at radius 2 is 1.92 bits per heavy atom. The molecule has 2 N–H and O–H groups in total. The van der Waals surface area contributed by atoms with Crippen LogP contribution in [0.4, 0.5) is 16.2 Å². The van der Waals surface area contributed by atoms with Gasteiger partial charge >= 0.3 is 0 Å². The van der Waals surface area contributed by atoms with Crippen molar-refractivity contribution in [2.75, 3.05) is 25.5 Å². The number of amidine groups is 2. The van der Waals surface area contributed by atoms with Crippen molar-refractivity contribution in [3.63, 3.8) is 0 Å². The molecule has 2 bridgehead atoms. The molecule has 1 spiro atoms. The van der Waals surface area contributed by atoms with E-state index in [1.807, 2.05) is 36.6 Å². The maximum absolute atomic E-state index is 14.8. The number of nitrogens with zero attached hydrogens (tertiary/aromatic N) is 7. The number of carbonyl (C=O) groups is 1. The Bertz CT molecular complexity index is 1340. The number of rotatable bonds is 5. The van der Waals surface area contributed by atoms with E-state index in [1.54, 1.807) is 18.3 Å². The molecule has 1 amide bonds. The molecule has 11 heteroatoms. The van der Waals surface area contributed by atoms with Crippen LogP contribution in [0.2, 0.25) is 0 Å². The predicted octanol–water partition coefficient (Wildman–Crippen LogP) is 2.93. The van der Waals surface area contributed by atoms with Gasteiger partial charge in [-0.05, 0) is 58.9 Å². The highest BCUT2D eigenvalue weighted by atomic mass is 19.1. The molecule has 3 atom stereocenters. The smallest absolute Gasteiger partial charge is 0.255 e. The van der Waals surface area contributed by atoms with Gasteiger partial charge in [-0.25, -0.2) is 24.3 Å². The van der Waals surface area contributed by atoms with Crippen LogP contribution in [0.25, 0.3) is 5.57 Å². The van der Waals surface area contributed by atoms with E-state index in [0.29, 0.717) is 29.0 Å². The molecule has 4 aliphatic rings. The van der Waals surface area contributed by atoms with Crippen molar-refractivity contribution in [1.29, 1.82) is 5.41 Å². The molecule has 3 unspecified atom stereocenters. The number of carbonyl (C=O) groups excluding carboxylic acids is 1. The highest BCUT2D eigenvalue weighted by Gasteiger charge is 2.59. The number of likely N-dealkylation sites (N-methyl/N-ethyl adjacent to an activating group) is 1. The van der Waals surface area contributed by atoms with Gasteiger partial charge < -0.3 is 15.1 Å². The Kier molecular flexibility index (Phi) is 5.37. The van der Waals surface area contributed by atoms with E-state index in [1.165, 1.54) is 0 Å². The normalized spacial score (nSPS) is 26.7. The highest BCUT2D eigenvalue weighted by molar-refractivity contribution is 6.22. The molecule has 6 rings (SSSR count). The van der Waals surface area contributed by atoms with Gasteiger partial charge in [0.1, 0.15) is 22.9 Å². The summed E-state index contributed by atoms with van der Waals surface area (Å²) in [6, 6.07) is 4.37. The van der Waals surface area contributed by atoms with Crippen LogP contribution in [0.3, 0.4) is 0 Å². The molecule has 0 saturated carbocycles. The van der Waals surface area contributed by atoms with Crippen molar-refractivity contribution in [1.82, 2.24) is 29.7 Å². The largest absolute Gasteiger partial charge is 0.338 e. The number of aliphatic imine (C=N–C) groups is 1. The average Bonchev–Trinajstić information content (AvgIpc) is 3.50. The van der Waals surface area contributed by atoms with Crippen LogP contribution < -0.4 is 5.32 Å². The SMILES string of the molecule is CC1=NC(=N)C2(C=C2c2nc(Nc3ccc(C(=O)N4CC5CCC(C4)N5C)cn3)ncc2F)N1C(C)C. The van der Waals surface area contributed by atoms with Gasteiger partial charge in [0.2, 0.25) is 5.95 Å². The molecule has 10 nitrogen and oxygen atoms in total. The van der Waals surface area contributed by atoms with Crippen molar-refractivity contribution in [3.8, 4) is 0 Å². The Balaban J connectivity index is 1.17. The van der Waals surface area contributed by atoms with E-state index < -0.39 is 11.4 Å². The number of fused-ring (bicyclic) bond motifs is 2. The molecular weight excluding hydrogens is 473 g/mol. The Labute approximate surface area is 214 Å². The lowest BCUT2D eigenvalue weighted by Gasteiger charge is -2.38. The molecule has 192 valence electrons. The first-order valence-corrected chi connectivity index (χ1v) is 12.6. The van der Waals surface area contributed by atoms with E-state index in [4.69, 9.17) is 5.41 Å². The Morgan fingerprint density at radius 3 is 2.57 bits per heavy atom. The average molecular weight is 504 g/mol. The van der Waals surface area contributed by atoms with Gasteiger partial charge in [-0.1, -0.05) is 0 Å². The van der Waals surface area contributed by atoms with Gasteiger partial charge in [0, 0.05) is 43.0 Å². The van der Waals surface area contributed by atoms with E-state index in [2.05, 4.69) is 37.2 Å². The highest BCUT2D eigenvalue weighted by Crippen LogP contribution is 2.52. The van der Waals surface area contributed by atoms with Crippen molar-refractivity contribution < 1.29 is 9.18 Å². The Hall–Kier alpha value is -3.73. The second-order valence-electron chi connectivity index (χ2n) is 10.5. The molecule has 2 fully saturated rings. The molecule has 5 heterocycles. The van der Waals surface area contributed by atoms with Crippen LogP contribution in [0.15, 0.2) is 35.6 Å².